The molecule has 0 bridgehead atoms. The molecule has 2 amide bonds. The van der Waals surface area contributed by atoms with Gasteiger partial charge in [0.15, 0.2) is 0 Å². The maximum atomic E-state index is 12.8. The summed E-state index contributed by atoms with van der Waals surface area (Å²) in [5, 5.41) is 9.85. The van der Waals surface area contributed by atoms with Crippen molar-refractivity contribution in [2.45, 2.75) is 6.92 Å². The fraction of sp³-hybridized carbons (Fsp3) is 0.0435. The predicted octanol–water partition coefficient (Wildman–Crippen LogP) is 4.08. The van der Waals surface area contributed by atoms with Gasteiger partial charge in [0, 0.05) is 11.1 Å². The minimum atomic E-state index is -0.336. The number of nitrogens with zero attached hydrogens (tertiary/aromatic N) is 3. The molecule has 0 atom stereocenters. The van der Waals surface area contributed by atoms with E-state index < -0.39 is 0 Å². The molecular weight excluding hydrogens is 378 g/mol. The second kappa shape index (κ2) is 8.40. The molecule has 0 unspecified atom stereocenters. The van der Waals surface area contributed by atoms with Gasteiger partial charge in [-0.05, 0) is 42.8 Å². The van der Waals surface area contributed by atoms with E-state index in [9.17, 15) is 9.59 Å². The second-order valence-electron chi connectivity index (χ2n) is 6.60. The third-order valence-corrected chi connectivity index (χ3v) is 4.48. The van der Waals surface area contributed by atoms with Crippen LogP contribution in [0.4, 0.5) is 11.9 Å². The van der Waals surface area contributed by atoms with E-state index in [1.807, 2.05) is 55.5 Å². The van der Waals surface area contributed by atoms with Gasteiger partial charge in [-0.2, -0.15) is 9.67 Å². The highest BCUT2D eigenvalue weighted by molar-refractivity contribution is 6.05. The van der Waals surface area contributed by atoms with Gasteiger partial charge in [-0.25, -0.2) is 0 Å². The van der Waals surface area contributed by atoms with Crippen LogP contribution < -0.4 is 10.6 Å². The third kappa shape index (κ3) is 4.10. The Hall–Kier alpha value is -4.26. The van der Waals surface area contributed by atoms with Crippen LogP contribution >= 0.6 is 0 Å². The molecule has 2 N–H and O–H groups in total. The molecule has 148 valence electrons. The Labute approximate surface area is 173 Å². The molecule has 0 spiro atoms. The van der Waals surface area contributed by atoms with Gasteiger partial charge in [-0.15, -0.1) is 5.10 Å². The first-order valence-electron chi connectivity index (χ1n) is 9.37. The largest absolute Gasteiger partial charge is 0.290 e. The third-order valence-electron chi connectivity index (χ3n) is 4.48. The zero-order valence-electron chi connectivity index (χ0n) is 16.2. The average Bonchev–Trinajstić information content (AvgIpc) is 3.17. The van der Waals surface area contributed by atoms with Crippen LogP contribution in [0.1, 0.15) is 26.3 Å². The molecule has 30 heavy (non-hydrogen) atoms. The predicted molar refractivity (Wildman–Crippen MR) is 115 cm³/mol. The van der Waals surface area contributed by atoms with E-state index in [0.717, 1.165) is 5.56 Å². The molecule has 1 heterocycles. The lowest BCUT2D eigenvalue weighted by molar-refractivity contribution is 0.101. The molecule has 7 heteroatoms. The van der Waals surface area contributed by atoms with E-state index in [4.69, 9.17) is 0 Å². The lowest BCUT2D eigenvalue weighted by Gasteiger charge is -2.08. The van der Waals surface area contributed by atoms with Crippen molar-refractivity contribution in [1.82, 2.24) is 14.8 Å². The number of anilines is 2. The molecule has 0 saturated heterocycles. The number of nitrogens with one attached hydrogen (secondary N) is 2. The molecule has 0 aliphatic rings. The zero-order chi connectivity index (χ0) is 20.9. The van der Waals surface area contributed by atoms with E-state index in [1.165, 1.54) is 4.68 Å². The van der Waals surface area contributed by atoms with Crippen LogP contribution in [0.15, 0.2) is 84.9 Å². The van der Waals surface area contributed by atoms with Gasteiger partial charge in [0.25, 0.3) is 17.8 Å². The number of benzene rings is 3. The standard InChI is InChI=1S/C23H19N5O2/c1-16-10-8-9-15-19(16)21(30)25-23-26-22(24-20(29)17-11-4-2-5-12-17)27-28(23)18-13-6-3-7-14-18/h2-15H,1H3,(H2,24,25,26,27,29,30). The van der Waals surface area contributed by atoms with Crippen molar-refractivity contribution < 1.29 is 9.59 Å². The van der Waals surface area contributed by atoms with E-state index in [1.54, 1.807) is 36.4 Å². The van der Waals surface area contributed by atoms with Gasteiger partial charge >= 0.3 is 0 Å². The summed E-state index contributed by atoms with van der Waals surface area (Å²) in [6, 6.07) is 25.3. The minimum Gasteiger partial charge on any atom is -0.290 e. The number of hydrogen-bond acceptors (Lipinski definition) is 4. The molecule has 0 radical (unpaired) electrons. The van der Waals surface area contributed by atoms with E-state index in [2.05, 4.69) is 20.7 Å². The van der Waals surface area contributed by atoms with Crippen LogP contribution in [-0.4, -0.2) is 26.6 Å². The van der Waals surface area contributed by atoms with Crippen molar-refractivity contribution >= 4 is 23.7 Å². The number of aryl methyl sites for hydroxylation is 1. The summed E-state index contributed by atoms with van der Waals surface area (Å²) in [5.74, 6) is -0.346. The Morgan fingerprint density at radius 2 is 1.40 bits per heavy atom. The second-order valence-corrected chi connectivity index (χ2v) is 6.60. The molecule has 0 fully saturated rings. The Bertz CT molecular complexity index is 1190. The quantitative estimate of drug-likeness (QED) is 0.531. The molecular formula is C23H19N5O2. The van der Waals surface area contributed by atoms with Crippen LogP contribution in [0.25, 0.3) is 5.69 Å². The van der Waals surface area contributed by atoms with Crippen molar-refractivity contribution in [3.63, 3.8) is 0 Å². The summed E-state index contributed by atoms with van der Waals surface area (Å²) in [5.41, 5.74) is 2.57. The smallest absolute Gasteiger partial charge is 0.258 e. The van der Waals surface area contributed by atoms with Crippen LogP contribution in [0, 0.1) is 6.92 Å². The van der Waals surface area contributed by atoms with Gasteiger partial charge in [0.2, 0.25) is 5.95 Å². The summed E-state index contributed by atoms with van der Waals surface area (Å²) in [6.45, 7) is 1.86. The maximum absolute atomic E-state index is 12.8. The van der Waals surface area contributed by atoms with Crippen molar-refractivity contribution in [2.75, 3.05) is 10.6 Å². The fourth-order valence-corrected chi connectivity index (χ4v) is 2.95. The van der Waals surface area contributed by atoms with Crippen molar-refractivity contribution in [1.29, 1.82) is 0 Å². The Morgan fingerprint density at radius 1 is 0.767 bits per heavy atom. The first-order valence-corrected chi connectivity index (χ1v) is 9.37. The first kappa shape index (κ1) is 19.1. The number of hydrogen-bond donors (Lipinski definition) is 2. The summed E-state index contributed by atoms with van der Waals surface area (Å²) in [7, 11) is 0. The SMILES string of the molecule is Cc1ccccc1C(=O)Nc1nc(NC(=O)c2ccccc2)nn1-c1ccccc1. The highest BCUT2D eigenvalue weighted by Crippen LogP contribution is 2.18. The molecule has 7 nitrogen and oxygen atoms in total. The minimum absolute atomic E-state index is 0.0905. The maximum Gasteiger partial charge on any atom is 0.258 e. The number of carbonyl (C=O) groups is 2. The van der Waals surface area contributed by atoms with Gasteiger partial charge in [-0.3, -0.25) is 20.2 Å². The molecule has 0 aliphatic carbocycles. The molecule has 4 aromatic rings. The van der Waals surface area contributed by atoms with E-state index >= 15 is 0 Å². The van der Waals surface area contributed by atoms with E-state index in [0.29, 0.717) is 16.8 Å². The number of para-hydroxylation sites is 1. The highest BCUT2D eigenvalue weighted by atomic mass is 16.2. The molecule has 1 aromatic heterocycles. The van der Waals surface area contributed by atoms with E-state index in [-0.39, 0.29) is 23.7 Å². The molecule has 3 aromatic carbocycles. The van der Waals surface area contributed by atoms with Crippen molar-refractivity contribution in [3.05, 3.63) is 102 Å². The summed E-state index contributed by atoms with van der Waals surface area (Å²) in [4.78, 5) is 29.6. The number of rotatable bonds is 5. The molecule has 0 aliphatic heterocycles. The Balaban J connectivity index is 1.65. The lowest BCUT2D eigenvalue weighted by Crippen LogP contribution is -2.17. The Kier molecular flexibility index (Phi) is 5.34. The van der Waals surface area contributed by atoms with Crippen LogP contribution in [-0.2, 0) is 0 Å². The molecule has 0 saturated carbocycles. The van der Waals surface area contributed by atoms with Crippen LogP contribution in [0.5, 0.6) is 0 Å². The van der Waals surface area contributed by atoms with Gasteiger partial charge < -0.3 is 0 Å². The highest BCUT2D eigenvalue weighted by Gasteiger charge is 2.18. The van der Waals surface area contributed by atoms with Gasteiger partial charge in [0.05, 0.1) is 5.69 Å². The summed E-state index contributed by atoms with van der Waals surface area (Å²) >= 11 is 0. The molecule has 4 rings (SSSR count). The van der Waals surface area contributed by atoms with Gasteiger partial charge in [-0.1, -0.05) is 54.6 Å². The van der Waals surface area contributed by atoms with Crippen molar-refractivity contribution in [2.24, 2.45) is 0 Å². The topological polar surface area (TPSA) is 88.9 Å². The number of aromatic nitrogens is 3. The normalized spacial score (nSPS) is 10.4. The lowest BCUT2D eigenvalue weighted by atomic mass is 10.1. The van der Waals surface area contributed by atoms with Gasteiger partial charge in [0.1, 0.15) is 0 Å². The van der Waals surface area contributed by atoms with Crippen LogP contribution in [0.3, 0.4) is 0 Å². The zero-order valence-corrected chi connectivity index (χ0v) is 16.2. The number of amides is 2. The number of carbonyl (C=O) groups excluding carboxylic acids is 2. The van der Waals surface area contributed by atoms with Crippen molar-refractivity contribution in [3.8, 4) is 5.69 Å². The monoisotopic (exact) mass is 397 g/mol. The fourth-order valence-electron chi connectivity index (χ4n) is 2.95. The first-order chi connectivity index (χ1) is 14.6. The Morgan fingerprint density at radius 3 is 2.10 bits per heavy atom. The van der Waals surface area contributed by atoms with Crippen LogP contribution in [0.2, 0.25) is 0 Å². The summed E-state index contributed by atoms with van der Waals surface area (Å²) in [6.07, 6.45) is 0. The summed E-state index contributed by atoms with van der Waals surface area (Å²) < 4.78 is 1.48. The average molecular weight is 397 g/mol.